The monoisotopic (exact) mass is 273 g/mol. The summed E-state index contributed by atoms with van der Waals surface area (Å²) in [4.78, 5) is 5.94. The van der Waals surface area contributed by atoms with Crippen LogP contribution in [-0.4, -0.2) is 24.1 Å². The number of pyridine rings is 1. The van der Waals surface area contributed by atoms with Gasteiger partial charge in [-0.25, -0.2) is 4.98 Å². The van der Waals surface area contributed by atoms with Crippen LogP contribution in [0.3, 0.4) is 0 Å². The third-order valence-corrected chi connectivity index (χ3v) is 3.60. The second-order valence-electron chi connectivity index (χ2n) is 5.11. The fourth-order valence-corrected chi connectivity index (χ4v) is 2.39. The van der Waals surface area contributed by atoms with Crippen molar-refractivity contribution in [3.63, 3.8) is 0 Å². The zero-order chi connectivity index (χ0) is 14.0. The summed E-state index contributed by atoms with van der Waals surface area (Å²) in [6.07, 6.45) is -1.38. The Labute approximate surface area is 110 Å². The van der Waals surface area contributed by atoms with Gasteiger partial charge in [0.05, 0.1) is 5.56 Å². The van der Waals surface area contributed by atoms with Crippen molar-refractivity contribution in [2.24, 2.45) is 11.7 Å². The molecule has 106 valence electrons. The molecule has 3 nitrogen and oxygen atoms in total. The molecule has 0 amide bonds. The van der Waals surface area contributed by atoms with Crippen molar-refractivity contribution in [3.05, 3.63) is 23.9 Å². The molecule has 2 rings (SSSR count). The minimum absolute atomic E-state index is 0.0947. The molecule has 6 heteroatoms. The number of piperidine rings is 1. The van der Waals surface area contributed by atoms with Gasteiger partial charge in [0.15, 0.2) is 0 Å². The van der Waals surface area contributed by atoms with Gasteiger partial charge < -0.3 is 10.6 Å². The number of rotatable bonds is 2. The zero-order valence-corrected chi connectivity index (χ0v) is 10.8. The molecular weight excluding hydrogens is 255 g/mol. The number of hydrogen-bond donors (Lipinski definition) is 1. The Kier molecular flexibility index (Phi) is 3.99. The predicted octanol–water partition coefficient (Wildman–Crippen LogP) is 2.66. The van der Waals surface area contributed by atoms with E-state index >= 15 is 0 Å². The first kappa shape index (κ1) is 14.1. The molecule has 1 aliphatic rings. The lowest BCUT2D eigenvalue weighted by Gasteiger charge is -2.35. The van der Waals surface area contributed by atoms with Gasteiger partial charge in [0.25, 0.3) is 0 Å². The number of halogens is 3. The van der Waals surface area contributed by atoms with E-state index in [4.69, 9.17) is 5.73 Å². The minimum Gasteiger partial charge on any atom is -0.356 e. The van der Waals surface area contributed by atoms with Crippen molar-refractivity contribution in [1.82, 2.24) is 4.98 Å². The number of nitrogens with two attached hydrogens (primary N) is 1. The Morgan fingerprint density at radius 1 is 1.42 bits per heavy atom. The van der Waals surface area contributed by atoms with E-state index in [0.717, 1.165) is 38.2 Å². The van der Waals surface area contributed by atoms with Gasteiger partial charge in [-0.05, 0) is 37.8 Å². The molecule has 0 aliphatic carbocycles. The second kappa shape index (κ2) is 5.36. The van der Waals surface area contributed by atoms with Crippen LogP contribution in [0.15, 0.2) is 18.3 Å². The van der Waals surface area contributed by atoms with Crippen LogP contribution in [-0.2, 0) is 6.18 Å². The second-order valence-corrected chi connectivity index (χ2v) is 5.11. The van der Waals surface area contributed by atoms with Crippen molar-refractivity contribution >= 4 is 5.82 Å². The van der Waals surface area contributed by atoms with E-state index in [1.54, 1.807) is 0 Å². The maximum absolute atomic E-state index is 12.5. The molecule has 1 aliphatic heterocycles. The molecule has 0 radical (unpaired) electrons. The lowest BCUT2D eigenvalue weighted by Crippen LogP contribution is -2.42. The quantitative estimate of drug-likeness (QED) is 0.900. The molecule has 2 atom stereocenters. The summed E-state index contributed by atoms with van der Waals surface area (Å²) in [5.74, 6) is 0.969. The summed E-state index contributed by atoms with van der Waals surface area (Å²) >= 11 is 0. The first-order chi connectivity index (χ1) is 8.88. The minimum atomic E-state index is -4.33. The molecule has 2 N–H and O–H groups in total. The summed E-state index contributed by atoms with van der Waals surface area (Å²) in [5.41, 5.74) is 5.18. The van der Waals surface area contributed by atoms with Gasteiger partial charge >= 0.3 is 6.18 Å². The smallest absolute Gasteiger partial charge is 0.356 e. The lowest BCUT2D eigenvalue weighted by molar-refractivity contribution is -0.137. The maximum Gasteiger partial charge on any atom is 0.417 e. The van der Waals surface area contributed by atoms with Gasteiger partial charge in [-0.1, -0.05) is 0 Å². The van der Waals surface area contributed by atoms with Crippen LogP contribution in [0.5, 0.6) is 0 Å². The molecule has 0 saturated carbocycles. The van der Waals surface area contributed by atoms with Gasteiger partial charge in [0, 0.05) is 25.3 Å². The predicted molar refractivity (Wildman–Crippen MR) is 67.8 cm³/mol. The van der Waals surface area contributed by atoms with Crippen molar-refractivity contribution in [2.45, 2.75) is 32.0 Å². The van der Waals surface area contributed by atoms with Gasteiger partial charge in [-0.2, -0.15) is 13.2 Å². The Morgan fingerprint density at radius 3 is 2.68 bits per heavy atom. The third-order valence-electron chi connectivity index (χ3n) is 3.60. The Balaban J connectivity index is 2.10. The molecule has 1 aromatic heterocycles. The van der Waals surface area contributed by atoms with Crippen molar-refractivity contribution in [1.29, 1.82) is 0 Å². The van der Waals surface area contributed by atoms with Crippen LogP contribution >= 0.6 is 0 Å². The topological polar surface area (TPSA) is 42.1 Å². The van der Waals surface area contributed by atoms with Gasteiger partial charge in [-0.15, -0.1) is 0 Å². The average molecular weight is 273 g/mol. The van der Waals surface area contributed by atoms with E-state index < -0.39 is 11.7 Å². The first-order valence-electron chi connectivity index (χ1n) is 6.41. The molecular formula is C13H18F3N3. The van der Waals surface area contributed by atoms with Crippen molar-refractivity contribution in [3.8, 4) is 0 Å². The van der Waals surface area contributed by atoms with Crippen molar-refractivity contribution in [2.75, 3.05) is 18.0 Å². The summed E-state index contributed by atoms with van der Waals surface area (Å²) < 4.78 is 37.4. The van der Waals surface area contributed by atoms with Crippen LogP contribution in [0.2, 0.25) is 0 Å². The van der Waals surface area contributed by atoms with E-state index in [0.29, 0.717) is 11.7 Å². The van der Waals surface area contributed by atoms with E-state index in [2.05, 4.69) is 4.98 Å². The molecule has 1 saturated heterocycles. The molecule has 2 unspecified atom stereocenters. The fourth-order valence-electron chi connectivity index (χ4n) is 2.39. The summed E-state index contributed by atoms with van der Waals surface area (Å²) in [6.45, 7) is 3.55. The van der Waals surface area contributed by atoms with Gasteiger partial charge in [0.2, 0.25) is 0 Å². The maximum atomic E-state index is 12.5. The molecule has 19 heavy (non-hydrogen) atoms. The number of nitrogens with zero attached hydrogens (tertiary/aromatic N) is 2. The zero-order valence-electron chi connectivity index (χ0n) is 10.8. The highest BCUT2D eigenvalue weighted by molar-refractivity contribution is 5.40. The largest absolute Gasteiger partial charge is 0.417 e. The van der Waals surface area contributed by atoms with E-state index in [-0.39, 0.29) is 6.04 Å². The van der Waals surface area contributed by atoms with E-state index in [9.17, 15) is 13.2 Å². The van der Waals surface area contributed by atoms with E-state index in [1.807, 2.05) is 11.8 Å². The SMILES string of the molecule is CC(N)C1CCCN(c2ccc(C(F)(F)F)cn2)C1. The number of alkyl halides is 3. The van der Waals surface area contributed by atoms with Crippen LogP contribution in [0.25, 0.3) is 0 Å². The summed E-state index contributed by atoms with van der Waals surface area (Å²) in [6, 6.07) is 2.61. The highest BCUT2D eigenvalue weighted by atomic mass is 19.4. The van der Waals surface area contributed by atoms with Crippen LogP contribution in [0, 0.1) is 5.92 Å². The normalized spacial score (nSPS) is 22.4. The lowest BCUT2D eigenvalue weighted by atomic mass is 9.92. The van der Waals surface area contributed by atoms with Crippen LogP contribution in [0.4, 0.5) is 19.0 Å². The molecule has 0 aromatic carbocycles. The summed E-state index contributed by atoms with van der Waals surface area (Å²) in [7, 11) is 0. The molecule has 0 spiro atoms. The van der Waals surface area contributed by atoms with Crippen LogP contribution in [0.1, 0.15) is 25.3 Å². The molecule has 1 fully saturated rings. The number of hydrogen-bond acceptors (Lipinski definition) is 3. The third kappa shape index (κ3) is 3.37. The number of anilines is 1. The molecule has 1 aromatic rings. The highest BCUT2D eigenvalue weighted by Gasteiger charge is 2.31. The Morgan fingerprint density at radius 2 is 2.16 bits per heavy atom. The first-order valence-corrected chi connectivity index (χ1v) is 6.41. The molecule has 0 bridgehead atoms. The summed E-state index contributed by atoms with van der Waals surface area (Å²) in [5, 5.41) is 0. The molecule has 2 heterocycles. The van der Waals surface area contributed by atoms with Crippen molar-refractivity contribution < 1.29 is 13.2 Å². The Bertz CT molecular complexity index is 414. The van der Waals surface area contributed by atoms with E-state index in [1.165, 1.54) is 6.07 Å². The number of aromatic nitrogens is 1. The highest BCUT2D eigenvalue weighted by Crippen LogP contribution is 2.30. The standard InChI is InChI=1S/C13H18F3N3/c1-9(17)10-3-2-6-19(8-10)12-5-4-11(7-18-12)13(14,15)16/h4-5,7,9-10H,2-3,6,8,17H2,1H3. The fraction of sp³-hybridized carbons (Fsp3) is 0.615. The van der Waals surface area contributed by atoms with Gasteiger partial charge in [-0.3, -0.25) is 0 Å². The van der Waals surface area contributed by atoms with Crippen LogP contribution < -0.4 is 10.6 Å². The average Bonchev–Trinajstić information content (AvgIpc) is 2.38. The Hall–Kier alpha value is -1.30. The van der Waals surface area contributed by atoms with Gasteiger partial charge in [0.1, 0.15) is 5.82 Å².